The minimum absolute atomic E-state index is 0.0165. The number of benzene rings is 2. The van der Waals surface area contributed by atoms with E-state index in [0.29, 0.717) is 13.0 Å². The number of rotatable bonds is 5. The molecule has 0 aliphatic carbocycles. The number of anilines is 1. The number of carbonyl (C=O) groups excluding carboxylic acids is 1. The Morgan fingerprint density at radius 3 is 2.70 bits per heavy atom. The molecule has 0 spiro atoms. The number of aryl methyl sites for hydroxylation is 1. The van der Waals surface area contributed by atoms with Gasteiger partial charge in [0, 0.05) is 12.1 Å². The molecular weight excluding hydrogens is 290 g/mol. The number of hydrogen-bond acceptors (Lipinski definition) is 3. The summed E-state index contributed by atoms with van der Waals surface area (Å²) in [7, 11) is 0. The maximum absolute atomic E-state index is 12.1. The van der Waals surface area contributed by atoms with Crippen molar-refractivity contribution in [3.8, 4) is 5.75 Å². The lowest BCUT2D eigenvalue weighted by molar-refractivity contribution is -0.115. The standard InChI is InChI=1S/C19H21NO3/c1-14-4-2-3-5-15(14)12-19(21)20-16-6-8-17(9-7-16)23-18-10-11-22-13-18/h2-9,18H,10-13H2,1H3,(H,20,21). The molecule has 1 amide bonds. The quantitative estimate of drug-likeness (QED) is 0.921. The van der Waals surface area contributed by atoms with Crippen molar-refractivity contribution in [2.45, 2.75) is 25.9 Å². The number of amides is 1. The molecule has 1 N–H and O–H groups in total. The molecule has 1 heterocycles. The van der Waals surface area contributed by atoms with Crippen LogP contribution >= 0.6 is 0 Å². The smallest absolute Gasteiger partial charge is 0.228 e. The Morgan fingerprint density at radius 2 is 2.00 bits per heavy atom. The highest BCUT2D eigenvalue weighted by Gasteiger charge is 2.17. The van der Waals surface area contributed by atoms with Crippen LogP contribution in [-0.4, -0.2) is 25.2 Å². The van der Waals surface area contributed by atoms with Crippen LogP contribution in [0.1, 0.15) is 17.5 Å². The Bertz CT molecular complexity index is 661. The number of hydrogen-bond donors (Lipinski definition) is 1. The third kappa shape index (κ3) is 4.33. The fourth-order valence-electron chi connectivity index (χ4n) is 2.60. The summed E-state index contributed by atoms with van der Waals surface area (Å²) >= 11 is 0. The summed E-state index contributed by atoms with van der Waals surface area (Å²) in [5.41, 5.74) is 2.95. The molecule has 4 nitrogen and oxygen atoms in total. The summed E-state index contributed by atoms with van der Waals surface area (Å²) in [5, 5.41) is 2.92. The molecule has 0 bridgehead atoms. The summed E-state index contributed by atoms with van der Waals surface area (Å²) in [5.74, 6) is 0.787. The Balaban J connectivity index is 1.55. The Morgan fingerprint density at radius 1 is 1.22 bits per heavy atom. The molecule has 4 heteroatoms. The largest absolute Gasteiger partial charge is 0.488 e. The van der Waals surface area contributed by atoms with Crippen LogP contribution in [0.15, 0.2) is 48.5 Å². The lowest BCUT2D eigenvalue weighted by atomic mass is 10.1. The summed E-state index contributed by atoms with van der Waals surface area (Å²) in [6.07, 6.45) is 1.44. The highest BCUT2D eigenvalue weighted by molar-refractivity contribution is 5.92. The molecule has 0 aromatic heterocycles. The summed E-state index contributed by atoms with van der Waals surface area (Å²) in [6.45, 7) is 3.42. The molecule has 2 aromatic carbocycles. The van der Waals surface area contributed by atoms with Gasteiger partial charge in [0.25, 0.3) is 0 Å². The Hall–Kier alpha value is -2.33. The molecular formula is C19H21NO3. The average molecular weight is 311 g/mol. The van der Waals surface area contributed by atoms with Crippen molar-refractivity contribution in [3.05, 3.63) is 59.7 Å². The van der Waals surface area contributed by atoms with Gasteiger partial charge in [-0.2, -0.15) is 0 Å². The molecule has 120 valence electrons. The van der Waals surface area contributed by atoms with Gasteiger partial charge in [-0.3, -0.25) is 4.79 Å². The molecule has 1 unspecified atom stereocenters. The van der Waals surface area contributed by atoms with Crippen molar-refractivity contribution in [1.82, 2.24) is 0 Å². The average Bonchev–Trinajstić information content (AvgIpc) is 3.04. The first-order valence-corrected chi connectivity index (χ1v) is 7.89. The SMILES string of the molecule is Cc1ccccc1CC(=O)Nc1ccc(OC2CCOC2)cc1. The van der Waals surface area contributed by atoms with E-state index in [-0.39, 0.29) is 12.0 Å². The van der Waals surface area contributed by atoms with E-state index >= 15 is 0 Å². The minimum atomic E-state index is -0.0165. The number of nitrogens with one attached hydrogen (secondary N) is 1. The normalized spacial score (nSPS) is 17.0. The van der Waals surface area contributed by atoms with Crippen molar-refractivity contribution in [1.29, 1.82) is 0 Å². The van der Waals surface area contributed by atoms with E-state index in [1.54, 1.807) is 0 Å². The first-order valence-electron chi connectivity index (χ1n) is 7.89. The van der Waals surface area contributed by atoms with Crippen LogP contribution in [-0.2, 0) is 16.0 Å². The van der Waals surface area contributed by atoms with Gasteiger partial charge in [0.15, 0.2) is 0 Å². The maximum Gasteiger partial charge on any atom is 0.228 e. The van der Waals surface area contributed by atoms with Gasteiger partial charge in [0.1, 0.15) is 11.9 Å². The molecule has 1 aliphatic heterocycles. The molecule has 2 aromatic rings. The van der Waals surface area contributed by atoms with Gasteiger partial charge in [-0.1, -0.05) is 24.3 Å². The van der Waals surface area contributed by atoms with Gasteiger partial charge < -0.3 is 14.8 Å². The second kappa shape index (κ2) is 7.29. The minimum Gasteiger partial charge on any atom is -0.488 e. The van der Waals surface area contributed by atoms with Crippen molar-refractivity contribution in [3.63, 3.8) is 0 Å². The Kier molecular flexibility index (Phi) is 4.93. The highest BCUT2D eigenvalue weighted by Crippen LogP contribution is 2.20. The van der Waals surface area contributed by atoms with Crippen molar-refractivity contribution < 1.29 is 14.3 Å². The van der Waals surface area contributed by atoms with Crippen LogP contribution in [0.25, 0.3) is 0 Å². The van der Waals surface area contributed by atoms with Gasteiger partial charge in [-0.05, 0) is 42.3 Å². The van der Waals surface area contributed by atoms with Crippen LogP contribution in [0.4, 0.5) is 5.69 Å². The molecule has 23 heavy (non-hydrogen) atoms. The third-order valence-corrected chi connectivity index (χ3v) is 3.94. The second-order valence-electron chi connectivity index (χ2n) is 5.78. The van der Waals surface area contributed by atoms with Crippen molar-refractivity contribution in [2.24, 2.45) is 0 Å². The topological polar surface area (TPSA) is 47.6 Å². The zero-order valence-electron chi connectivity index (χ0n) is 13.2. The third-order valence-electron chi connectivity index (χ3n) is 3.94. The molecule has 3 rings (SSSR count). The number of ether oxygens (including phenoxy) is 2. The van der Waals surface area contributed by atoms with E-state index in [4.69, 9.17) is 9.47 Å². The van der Waals surface area contributed by atoms with Crippen LogP contribution in [0.3, 0.4) is 0 Å². The zero-order valence-corrected chi connectivity index (χ0v) is 13.2. The van der Waals surface area contributed by atoms with Gasteiger partial charge in [0.2, 0.25) is 5.91 Å². The molecule has 1 atom stereocenters. The van der Waals surface area contributed by atoms with E-state index in [2.05, 4.69) is 5.32 Å². The summed E-state index contributed by atoms with van der Waals surface area (Å²) in [4.78, 5) is 12.1. The molecule has 0 saturated carbocycles. The highest BCUT2D eigenvalue weighted by atomic mass is 16.5. The monoisotopic (exact) mass is 311 g/mol. The molecule has 0 radical (unpaired) electrons. The van der Waals surface area contributed by atoms with Gasteiger partial charge in [-0.25, -0.2) is 0 Å². The lowest BCUT2D eigenvalue weighted by Crippen LogP contribution is -2.16. The molecule has 1 aliphatic rings. The summed E-state index contributed by atoms with van der Waals surface area (Å²) < 4.78 is 11.1. The van der Waals surface area contributed by atoms with Crippen LogP contribution in [0.2, 0.25) is 0 Å². The van der Waals surface area contributed by atoms with E-state index < -0.39 is 0 Å². The Labute approximate surface area is 136 Å². The second-order valence-corrected chi connectivity index (χ2v) is 5.78. The predicted octanol–water partition coefficient (Wildman–Crippen LogP) is 3.34. The fraction of sp³-hybridized carbons (Fsp3) is 0.316. The lowest BCUT2D eigenvalue weighted by Gasteiger charge is -2.12. The van der Waals surface area contributed by atoms with E-state index in [9.17, 15) is 4.79 Å². The predicted molar refractivity (Wildman–Crippen MR) is 89.8 cm³/mol. The molecule has 1 fully saturated rings. The fourth-order valence-corrected chi connectivity index (χ4v) is 2.60. The number of carbonyl (C=O) groups is 1. The van der Waals surface area contributed by atoms with E-state index in [1.165, 1.54) is 0 Å². The van der Waals surface area contributed by atoms with Crippen molar-refractivity contribution in [2.75, 3.05) is 18.5 Å². The van der Waals surface area contributed by atoms with E-state index in [1.807, 2.05) is 55.5 Å². The van der Waals surface area contributed by atoms with E-state index in [0.717, 1.165) is 35.6 Å². The van der Waals surface area contributed by atoms with Crippen molar-refractivity contribution >= 4 is 11.6 Å². The first-order chi connectivity index (χ1) is 11.2. The first kappa shape index (κ1) is 15.6. The van der Waals surface area contributed by atoms with Gasteiger partial charge >= 0.3 is 0 Å². The molecule has 1 saturated heterocycles. The maximum atomic E-state index is 12.1. The van der Waals surface area contributed by atoms with Crippen LogP contribution < -0.4 is 10.1 Å². The van der Waals surface area contributed by atoms with Gasteiger partial charge in [-0.15, -0.1) is 0 Å². The summed E-state index contributed by atoms with van der Waals surface area (Å²) in [6, 6.07) is 15.4. The van der Waals surface area contributed by atoms with Crippen LogP contribution in [0.5, 0.6) is 5.75 Å². The van der Waals surface area contributed by atoms with Crippen LogP contribution in [0, 0.1) is 6.92 Å². The van der Waals surface area contributed by atoms with Gasteiger partial charge in [0.05, 0.1) is 19.6 Å². The zero-order chi connectivity index (χ0) is 16.1.